The highest BCUT2D eigenvalue weighted by Gasteiger charge is 2.53. The summed E-state index contributed by atoms with van der Waals surface area (Å²) < 4.78 is 0. The van der Waals surface area contributed by atoms with Crippen LogP contribution in [0.1, 0.15) is 0 Å². The molecule has 1 saturated carbocycles. The molecular formula is C26H54N12+2. The summed E-state index contributed by atoms with van der Waals surface area (Å²) in [6.45, 7) is 0. The van der Waals surface area contributed by atoms with Crippen LogP contribution >= 0.6 is 0 Å². The Morgan fingerprint density at radius 3 is 0.553 bits per heavy atom. The molecule has 12 nitrogen and oxygen atoms in total. The van der Waals surface area contributed by atoms with Crippen molar-refractivity contribution in [1.29, 1.82) is 0 Å². The van der Waals surface area contributed by atoms with E-state index in [4.69, 9.17) is 20.0 Å². The molecule has 216 valence electrons. The van der Waals surface area contributed by atoms with Crippen molar-refractivity contribution in [3.05, 3.63) is 12.8 Å². The van der Waals surface area contributed by atoms with E-state index < -0.39 is 0 Å². The van der Waals surface area contributed by atoms with Crippen molar-refractivity contribution in [3.8, 4) is 0 Å². The van der Waals surface area contributed by atoms with Crippen LogP contribution in [0, 0.1) is 12.8 Å². The minimum absolute atomic E-state index is 0.238. The highest BCUT2D eigenvalue weighted by atomic mass is 15.4. The van der Waals surface area contributed by atoms with Gasteiger partial charge < -0.3 is 39.2 Å². The fourth-order valence-electron chi connectivity index (χ4n) is 4.39. The number of rotatable bonds is 4. The van der Waals surface area contributed by atoms with E-state index in [-0.39, 0.29) is 24.2 Å². The van der Waals surface area contributed by atoms with Crippen molar-refractivity contribution in [2.45, 2.75) is 24.2 Å². The third kappa shape index (κ3) is 8.98. The van der Waals surface area contributed by atoms with E-state index in [2.05, 4.69) is 12.8 Å². The van der Waals surface area contributed by atoms with Crippen LogP contribution in [-0.2, 0) is 0 Å². The predicted molar refractivity (Wildman–Crippen MR) is 163 cm³/mol. The van der Waals surface area contributed by atoms with Crippen LogP contribution < -0.4 is 0 Å². The Morgan fingerprint density at radius 1 is 0.316 bits per heavy atom. The Labute approximate surface area is 233 Å². The largest absolute Gasteiger partial charge is 0.349 e. The van der Waals surface area contributed by atoms with Crippen LogP contribution in [0.3, 0.4) is 0 Å². The van der Waals surface area contributed by atoms with Crippen LogP contribution in [-0.4, -0.2) is 200 Å². The maximum absolute atomic E-state index is 5.19. The van der Waals surface area contributed by atoms with Gasteiger partial charge in [0.1, 0.15) is 12.8 Å². The smallest absolute Gasteiger partial charge is 0.257 e. The number of hydrogen-bond donors (Lipinski definition) is 0. The van der Waals surface area contributed by atoms with Gasteiger partial charge in [-0.05, 0) is 0 Å². The SMILES string of the molecule is CN(C)C(=NC1[CH+]C(N=C(N(C)C)N(C)C)C(N=C(N(C)C)N(C)C)[CH+]C1N=C(N(C)C)N(C)C)N(C)C. The maximum atomic E-state index is 5.19. The van der Waals surface area contributed by atoms with Gasteiger partial charge in [-0.1, -0.05) is 0 Å². The quantitative estimate of drug-likeness (QED) is 0.279. The Balaban J connectivity index is 3.87. The van der Waals surface area contributed by atoms with Gasteiger partial charge >= 0.3 is 0 Å². The second kappa shape index (κ2) is 14.1. The molecule has 0 radical (unpaired) electrons. The summed E-state index contributed by atoms with van der Waals surface area (Å²) >= 11 is 0. The number of nitrogens with zero attached hydrogens (tertiary/aromatic N) is 12. The molecule has 0 heterocycles. The van der Waals surface area contributed by atoms with Gasteiger partial charge in [0.05, 0.1) is 0 Å². The number of aliphatic imine (C=N–C) groups is 4. The van der Waals surface area contributed by atoms with Crippen LogP contribution in [0.4, 0.5) is 0 Å². The molecule has 0 saturated heterocycles. The monoisotopic (exact) mass is 534 g/mol. The fourth-order valence-corrected chi connectivity index (χ4v) is 4.39. The zero-order chi connectivity index (χ0) is 29.5. The fraction of sp³-hybridized carbons (Fsp3) is 0.769. The van der Waals surface area contributed by atoms with Gasteiger partial charge in [0.25, 0.3) is 24.2 Å². The molecule has 0 aromatic heterocycles. The van der Waals surface area contributed by atoms with E-state index in [0.717, 1.165) is 23.8 Å². The number of guanidine groups is 4. The highest BCUT2D eigenvalue weighted by Crippen LogP contribution is 2.29. The molecule has 0 bridgehead atoms. The molecule has 38 heavy (non-hydrogen) atoms. The molecule has 0 aromatic rings. The van der Waals surface area contributed by atoms with Crippen molar-refractivity contribution in [2.75, 3.05) is 113 Å². The molecule has 0 N–H and O–H groups in total. The third-order valence-electron chi connectivity index (χ3n) is 5.75. The molecule has 4 atom stereocenters. The van der Waals surface area contributed by atoms with Crippen LogP contribution in [0.25, 0.3) is 0 Å². The predicted octanol–water partition coefficient (Wildman–Crippen LogP) is -0.200. The molecular weight excluding hydrogens is 480 g/mol. The van der Waals surface area contributed by atoms with Gasteiger partial charge in [-0.2, -0.15) is 20.0 Å². The average Bonchev–Trinajstić information content (AvgIpc) is 2.76. The summed E-state index contributed by atoms with van der Waals surface area (Å²) in [7, 11) is 32.1. The van der Waals surface area contributed by atoms with E-state index >= 15 is 0 Å². The lowest BCUT2D eigenvalue weighted by molar-refractivity contribution is 0.404. The summed E-state index contributed by atoms with van der Waals surface area (Å²) in [6, 6.07) is -0.953. The summed E-state index contributed by atoms with van der Waals surface area (Å²) in [5, 5.41) is 0. The van der Waals surface area contributed by atoms with Crippen LogP contribution in [0.2, 0.25) is 0 Å². The molecule has 0 amide bonds. The Bertz CT molecular complexity index is 674. The van der Waals surface area contributed by atoms with Crippen LogP contribution in [0.5, 0.6) is 0 Å². The Morgan fingerprint density at radius 2 is 0.447 bits per heavy atom. The van der Waals surface area contributed by atoms with Crippen LogP contribution in [0.15, 0.2) is 20.0 Å². The van der Waals surface area contributed by atoms with E-state index in [0.29, 0.717) is 0 Å². The third-order valence-corrected chi connectivity index (χ3v) is 5.75. The van der Waals surface area contributed by atoms with E-state index in [9.17, 15) is 0 Å². The normalized spacial score (nSPS) is 20.0. The van der Waals surface area contributed by atoms with E-state index in [1.807, 2.05) is 152 Å². The van der Waals surface area contributed by atoms with Crippen molar-refractivity contribution in [3.63, 3.8) is 0 Å². The minimum atomic E-state index is -0.238. The summed E-state index contributed by atoms with van der Waals surface area (Å²) in [6.07, 6.45) is 4.41. The standard InChI is InChI=1S/C26H54N12/c1-31(2)23(32(3)4)27-19-17-21(29-25(35(9)10)36(11)12)22(30-26(37(13)14)38(15)16)18-20(19)28-24(33(5)6)34(7)8/h17-22H,1-16H3/q+2. The highest BCUT2D eigenvalue weighted by molar-refractivity contribution is 5.82. The average molecular weight is 535 g/mol. The first-order valence-electron chi connectivity index (χ1n) is 12.9. The molecule has 1 rings (SSSR count). The first-order chi connectivity index (χ1) is 17.5. The second-order valence-corrected chi connectivity index (χ2v) is 11.2. The minimum Gasteiger partial charge on any atom is -0.349 e. The molecule has 0 spiro atoms. The van der Waals surface area contributed by atoms with Crippen molar-refractivity contribution in [2.24, 2.45) is 20.0 Å². The van der Waals surface area contributed by atoms with Gasteiger partial charge in [0.2, 0.25) is 0 Å². The summed E-state index contributed by atoms with van der Waals surface area (Å²) in [5.74, 6) is 3.46. The molecule has 12 heteroatoms. The first kappa shape index (κ1) is 32.8. The first-order valence-corrected chi connectivity index (χ1v) is 12.9. The summed E-state index contributed by atoms with van der Waals surface area (Å²) in [4.78, 5) is 37.0. The van der Waals surface area contributed by atoms with E-state index in [1.54, 1.807) is 0 Å². The van der Waals surface area contributed by atoms with Gasteiger partial charge in [-0.25, -0.2) is 0 Å². The number of hydrogen-bond acceptors (Lipinski definition) is 4. The van der Waals surface area contributed by atoms with Crippen molar-refractivity contribution >= 4 is 23.8 Å². The molecule has 1 aliphatic carbocycles. The molecule has 1 aliphatic rings. The maximum Gasteiger partial charge on any atom is 0.257 e. The lowest BCUT2D eigenvalue weighted by Crippen LogP contribution is -2.49. The van der Waals surface area contributed by atoms with Gasteiger partial charge in [0, 0.05) is 113 Å². The zero-order valence-corrected chi connectivity index (χ0v) is 26.8. The van der Waals surface area contributed by atoms with Gasteiger partial charge in [-0.15, -0.1) is 0 Å². The summed E-state index contributed by atoms with van der Waals surface area (Å²) in [5.41, 5.74) is 0. The molecule has 4 unspecified atom stereocenters. The lowest BCUT2D eigenvalue weighted by Gasteiger charge is -2.30. The topological polar surface area (TPSA) is 75.4 Å². The Kier molecular flexibility index (Phi) is 12.2. The molecule has 1 fully saturated rings. The van der Waals surface area contributed by atoms with E-state index in [1.165, 1.54) is 0 Å². The van der Waals surface area contributed by atoms with Gasteiger partial charge in [-0.3, -0.25) is 0 Å². The Hall–Kier alpha value is -3.18. The van der Waals surface area contributed by atoms with Crippen molar-refractivity contribution < 1.29 is 0 Å². The van der Waals surface area contributed by atoms with Gasteiger partial charge in [0.15, 0.2) is 23.8 Å². The lowest BCUT2D eigenvalue weighted by atomic mass is 9.83. The second-order valence-electron chi connectivity index (χ2n) is 11.2. The zero-order valence-electron chi connectivity index (χ0n) is 26.8. The molecule has 0 aliphatic heterocycles. The molecule has 0 aromatic carbocycles. The van der Waals surface area contributed by atoms with Crippen molar-refractivity contribution in [1.82, 2.24) is 39.2 Å².